The van der Waals surface area contributed by atoms with Gasteiger partial charge in [0.2, 0.25) is 23.1 Å². The molecular weight excluding hydrogens is 463 g/mol. The number of nitrogens with one attached hydrogen (secondary N) is 2. The number of carbonyl (C=O) groups is 1. The first-order chi connectivity index (χ1) is 15.6. The molecule has 2 aromatic rings. The van der Waals surface area contributed by atoms with Crippen LogP contribution in [0.1, 0.15) is 52.7 Å². The Balaban J connectivity index is 0.000000335. The van der Waals surface area contributed by atoms with Crippen LogP contribution in [0, 0.1) is 6.92 Å². The summed E-state index contributed by atoms with van der Waals surface area (Å²) in [5.74, 6) is 0.807. The van der Waals surface area contributed by atoms with Crippen LogP contribution in [0.2, 0.25) is 5.28 Å². The van der Waals surface area contributed by atoms with E-state index in [1.165, 1.54) is 0 Å². The van der Waals surface area contributed by atoms with Crippen molar-refractivity contribution in [3.05, 3.63) is 34.6 Å². The summed E-state index contributed by atoms with van der Waals surface area (Å²) in [4.78, 5) is 25.7. The summed E-state index contributed by atoms with van der Waals surface area (Å²) in [6.45, 7) is 15.6. The van der Waals surface area contributed by atoms with Gasteiger partial charge in [0.05, 0.1) is 5.69 Å². The first-order valence-corrected chi connectivity index (χ1v) is 11.9. The number of halogens is 2. The van der Waals surface area contributed by atoms with Gasteiger partial charge in [0.25, 0.3) is 0 Å². The molecule has 0 aliphatic rings. The van der Waals surface area contributed by atoms with Crippen molar-refractivity contribution in [2.24, 2.45) is 0 Å². The Kier molecular flexibility index (Phi) is 12.4. The van der Waals surface area contributed by atoms with Crippen molar-refractivity contribution in [1.29, 1.82) is 0 Å². The topological polar surface area (TPSA) is 92.3 Å². The van der Waals surface area contributed by atoms with Gasteiger partial charge >= 0.3 is 0 Å². The monoisotopic (exact) mass is 498 g/mol. The van der Waals surface area contributed by atoms with Crippen molar-refractivity contribution in [2.45, 2.75) is 60.4 Å². The molecule has 0 bridgehead atoms. The zero-order valence-electron chi connectivity index (χ0n) is 20.6. The Labute approximate surface area is 207 Å². The standard InChI is InChI=1S/C14H20ClNO2.C9H16ClN5/c1-4-12-8-6-7-11(3)14(12)16(10-18-5-2)13(17)9-15;1-5-11-7-12-6(10)13-8(14-7)15-9(2,3)4/h6-8H,4-5,9-10H2,1-3H3;5H2,1-4H3,(H2,11,12,13,14,15). The fourth-order valence-corrected chi connectivity index (χ4v) is 3.19. The van der Waals surface area contributed by atoms with Crippen LogP contribution in [-0.2, 0) is 16.0 Å². The van der Waals surface area contributed by atoms with Gasteiger partial charge in [0, 0.05) is 18.7 Å². The Bertz CT molecular complexity index is 890. The van der Waals surface area contributed by atoms with Crippen molar-refractivity contribution in [3.8, 4) is 0 Å². The second kappa shape index (κ2) is 14.2. The molecule has 2 N–H and O–H groups in total. The number of aromatic nitrogens is 3. The fraction of sp³-hybridized carbons (Fsp3) is 0.565. The molecule has 1 heterocycles. The van der Waals surface area contributed by atoms with Gasteiger partial charge in [0.15, 0.2) is 0 Å². The van der Waals surface area contributed by atoms with Gasteiger partial charge in [-0.25, -0.2) is 0 Å². The van der Waals surface area contributed by atoms with Crippen molar-refractivity contribution < 1.29 is 9.53 Å². The molecule has 0 fully saturated rings. The maximum atomic E-state index is 12.0. The normalized spacial score (nSPS) is 10.8. The maximum Gasteiger partial charge on any atom is 0.243 e. The number of alkyl halides is 1. The number of amides is 1. The summed E-state index contributed by atoms with van der Waals surface area (Å²) in [6, 6.07) is 6.03. The van der Waals surface area contributed by atoms with Gasteiger partial charge in [-0.3, -0.25) is 9.69 Å². The fourth-order valence-electron chi connectivity index (χ4n) is 2.89. The summed E-state index contributed by atoms with van der Waals surface area (Å²) in [5.41, 5.74) is 3.02. The number of hydrogen-bond donors (Lipinski definition) is 2. The van der Waals surface area contributed by atoms with Crippen LogP contribution in [0.3, 0.4) is 0 Å². The highest BCUT2D eigenvalue weighted by atomic mass is 35.5. The Morgan fingerprint density at radius 3 is 2.33 bits per heavy atom. The molecule has 0 saturated carbocycles. The molecule has 2 rings (SSSR count). The second-order valence-corrected chi connectivity index (χ2v) is 8.78. The molecule has 10 heteroatoms. The molecule has 8 nitrogen and oxygen atoms in total. The first kappa shape index (κ1) is 28.9. The number of hydrogen-bond acceptors (Lipinski definition) is 7. The molecular formula is C23H36Cl2N6O2. The third-order valence-corrected chi connectivity index (χ3v) is 4.64. The number of anilines is 3. The van der Waals surface area contributed by atoms with Crippen LogP contribution < -0.4 is 15.5 Å². The van der Waals surface area contributed by atoms with Crippen LogP contribution in [-0.4, -0.2) is 52.2 Å². The van der Waals surface area contributed by atoms with E-state index in [-0.39, 0.29) is 29.3 Å². The molecule has 1 aromatic carbocycles. The van der Waals surface area contributed by atoms with E-state index in [1.807, 2.05) is 59.7 Å². The minimum atomic E-state index is -0.130. The molecule has 1 amide bonds. The lowest BCUT2D eigenvalue weighted by molar-refractivity contribution is -0.117. The number of nitrogens with zero attached hydrogens (tertiary/aromatic N) is 4. The van der Waals surface area contributed by atoms with E-state index >= 15 is 0 Å². The van der Waals surface area contributed by atoms with Crippen molar-refractivity contribution in [3.63, 3.8) is 0 Å². The maximum absolute atomic E-state index is 12.0. The predicted molar refractivity (Wildman–Crippen MR) is 138 cm³/mol. The summed E-state index contributed by atoms with van der Waals surface area (Å²) in [6.07, 6.45) is 0.870. The number of benzene rings is 1. The van der Waals surface area contributed by atoms with Crippen molar-refractivity contribution >= 4 is 46.7 Å². The molecule has 0 spiro atoms. The average molecular weight is 499 g/mol. The molecule has 0 radical (unpaired) electrons. The van der Waals surface area contributed by atoms with Gasteiger partial charge in [-0.05, 0) is 70.7 Å². The van der Waals surface area contributed by atoms with E-state index in [1.54, 1.807) is 4.90 Å². The van der Waals surface area contributed by atoms with Gasteiger partial charge in [-0.1, -0.05) is 25.1 Å². The average Bonchev–Trinajstić information content (AvgIpc) is 2.73. The minimum Gasteiger partial charge on any atom is -0.361 e. The van der Waals surface area contributed by atoms with E-state index in [0.717, 1.165) is 29.8 Å². The SMILES string of the molecule is CCNc1nc(Cl)nc(NC(C)(C)C)n1.CCOCN(C(=O)CCl)c1c(C)cccc1CC. The predicted octanol–water partition coefficient (Wildman–Crippen LogP) is 5.29. The largest absolute Gasteiger partial charge is 0.361 e. The molecule has 1 aromatic heterocycles. The lowest BCUT2D eigenvalue weighted by atomic mass is 10.0. The van der Waals surface area contributed by atoms with E-state index < -0.39 is 0 Å². The lowest BCUT2D eigenvalue weighted by Crippen LogP contribution is -2.35. The Morgan fingerprint density at radius 2 is 1.79 bits per heavy atom. The van der Waals surface area contributed by atoms with Crippen LogP contribution in [0.25, 0.3) is 0 Å². The Hall–Kier alpha value is -2.16. The van der Waals surface area contributed by atoms with Crippen LogP contribution in [0.15, 0.2) is 18.2 Å². The summed E-state index contributed by atoms with van der Waals surface area (Å²) >= 11 is 11.4. The zero-order chi connectivity index (χ0) is 25.0. The van der Waals surface area contributed by atoms with E-state index in [0.29, 0.717) is 18.5 Å². The highest BCUT2D eigenvalue weighted by Crippen LogP contribution is 2.26. The quantitative estimate of drug-likeness (QED) is 0.358. The van der Waals surface area contributed by atoms with E-state index in [9.17, 15) is 4.79 Å². The second-order valence-electron chi connectivity index (χ2n) is 8.17. The van der Waals surface area contributed by atoms with Crippen molar-refractivity contribution in [1.82, 2.24) is 15.0 Å². The third-order valence-electron chi connectivity index (χ3n) is 4.24. The number of para-hydroxylation sites is 1. The van der Waals surface area contributed by atoms with Crippen LogP contribution in [0.4, 0.5) is 17.6 Å². The molecule has 0 saturated heterocycles. The zero-order valence-corrected chi connectivity index (χ0v) is 22.1. The lowest BCUT2D eigenvalue weighted by Gasteiger charge is -2.25. The van der Waals surface area contributed by atoms with Gasteiger partial charge in [0.1, 0.15) is 12.6 Å². The van der Waals surface area contributed by atoms with Crippen LogP contribution in [0.5, 0.6) is 0 Å². The van der Waals surface area contributed by atoms with Gasteiger partial charge in [-0.2, -0.15) is 15.0 Å². The number of rotatable bonds is 9. The molecule has 184 valence electrons. The summed E-state index contributed by atoms with van der Waals surface area (Å²) < 4.78 is 5.37. The molecule has 33 heavy (non-hydrogen) atoms. The smallest absolute Gasteiger partial charge is 0.243 e. The molecule has 0 aliphatic heterocycles. The van der Waals surface area contributed by atoms with Crippen molar-refractivity contribution in [2.75, 3.05) is 41.3 Å². The van der Waals surface area contributed by atoms with Gasteiger partial charge < -0.3 is 15.4 Å². The van der Waals surface area contributed by atoms with Crippen LogP contribution >= 0.6 is 23.2 Å². The summed E-state index contributed by atoms with van der Waals surface area (Å²) in [7, 11) is 0. The number of carbonyl (C=O) groups excluding carboxylic acids is 1. The van der Waals surface area contributed by atoms with E-state index in [4.69, 9.17) is 27.9 Å². The Morgan fingerprint density at radius 1 is 1.12 bits per heavy atom. The number of aryl methyl sites for hydroxylation is 2. The van der Waals surface area contributed by atoms with Gasteiger partial charge in [-0.15, -0.1) is 11.6 Å². The number of ether oxygens (including phenoxy) is 1. The summed E-state index contributed by atoms with van der Waals surface area (Å²) in [5, 5.41) is 6.31. The highest BCUT2D eigenvalue weighted by Gasteiger charge is 2.19. The third kappa shape index (κ3) is 10.1. The minimum absolute atomic E-state index is 0.0371. The first-order valence-electron chi connectivity index (χ1n) is 11.0. The molecule has 0 aliphatic carbocycles. The molecule has 0 unspecified atom stereocenters. The molecule has 0 atom stereocenters. The van der Waals surface area contributed by atoms with E-state index in [2.05, 4.69) is 32.5 Å². The highest BCUT2D eigenvalue weighted by molar-refractivity contribution is 6.29.